The Balaban J connectivity index is 0.00000147. The summed E-state index contributed by atoms with van der Waals surface area (Å²) in [4.78, 5) is 8.08. The summed E-state index contributed by atoms with van der Waals surface area (Å²) < 4.78 is 2.06. The van der Waals surface area contributed by atoms with E-state index in [0.29, 0.717) is 12.1 Å². The van der Waals surface area contributed by atoms with E-state index >= 15 is 0 Å². The van der Waals surface area contributed by atoms with Crippen molar-refractivity contribution in [1.29, 1.82) is 0 Å². The summed E-state index contributed by atoms with van der Waals surface area (Å²) in [5.41, 5.74) is 1.22. The second kappa shape index (κ2) is 6.72. The van der Waals surface area contributed by atoms with Crippen molar-refractivity contribution in [3.63, 3.8) is 0 Å². The third-order valence-electron chi connectivity index (χ3n) is 3.69. The van der Waals surface area contributed by atoms with Gasteiger partial charge in [0.1, 0.15) is 0 Å². The van der Waals surface area contributed by atoms with Crippen molar-refractivity contribution < 1.29 is 0 Å². The van der Waals surface area contributed by atoms with Crippen molar-refractivity contribution in [2.45, 2.75) is 32.5 Å². The number of hydrogen-bond donors (Lipinski definition) is 1. The molecule has 0 saturated carbocycles. The van der Waals surface area contributed by atoms with Gasteiger partial charge in [-0.1, -0.05) is 0 Å². The lowest BCUT2D eigenvalue weighted by Gasteiger charge is -2.37. The summed E-state index contributed by atoms with van der Waals surface area (Å²) >= 11 is 1.83. The number of thiophene rings is 1. The Morgan fingerprint density at radius 1 is 1.45 bits per heavy atom. The van der Waals surface area contributed by atoms with E-state index in [-0.39, 0.29) is 12.4 Å². The van der Waals surface area contributed by atoms with Gasteiger partial charge in [0.15, 0.2) is 0 Å². The molecule has 1 fully saturated rings. The molecule has 0 radical (unpaired) electrons. The minimum absolute atomic E-state index is 0. The summed E-state index contributed by atoms with van der Waals surface area (Å²) in [6.07, 6.45) is 5.65. The lowest BCUT2D eigenvalue weighted by Crippen LogP contribution is -2.53. The third kappa shape index (κ3) is 3.41. The molecule has 1 aliphatic rings. The van der Waals surface area contributed by atoms with Gasteiger partial charge in [0, 0.05) is 54.4 Å². The predicted molar refractivity (Wildman–Crippen MR) is 86.0 cm³/mol. The van der Waals surface area contributed by atoms with Crippen LogP contribution in [0.3, 0.4) is 0 Å². The van der Waals surface area contributed by atoms with E-state index in [1.807, 2.05) is 30.1 Å². The minimum Gasteiger partial charge on any atom is -0.311 e. The number of piperazine rings is 1. The van der Waals surface area contributed by atoms with Crippen LogP contribution in [0, 0.1) is 0 Å². The average Bonchev–Trinajstić information content (AvgIpc) is 3.04. The van der Waals surface area contributed by atoms with E-state index < -0.39 is 0 Å². The summed E-state index contributed by atoms with van der Waals surface area (Å²) in [6, 6.07) is 3.46. The Morgan fingerprint density at radius 2 is 2.30 bits per heavy atom. The van der Waals surface area contributed by atoms with E-state index in [9.17, 15) is 0 Å². The maximum Gasteiger partial charge on any atom is 0.0991 e. The molecule has 3 heterocycles. The van der Waals surface area contributed by atoms with Crippen molar-refractivity contribution in [3.05, 3.63) is 35.0 Å². The maximum atomic E-state index is 4.09. The van der Waals surface area contributed by atoms with Crippen LogP contribution in [0.4, 0.5) is 0 Å². The van der Waals surface area contributed by atoms with Gasteiger partial charge in [-0.25, -0.2) is 4.98 Å². The van der Waals surface area contributed by atoms with E-state index in [1.165, 1.54) is 10.6 Å². The molecule has 0 aliphatic carbocycles. The normalized spacial score (nSPS) is 23.5. The van der Waals surface area contributed by atoms with Crippen LogP contribution in [-0.4, -0.2) is 39.6 Å². The highest BCUT2D eigenvalue weighted by Crippen LogP contribution is 2.21. The van der Waals surface area contributed by atoms with Crippen molar-refractivity contribution in [2.24, 2.45) is 0 Å². The topological polar surface area (TPSA) is 33.1 Å². The van der Waals surface area contributed by atoms with Crippen LogP contribution < -0.4 is 5.32 Å². The summed E-state index contributed by atoms with van der Waals surface area (Å²) in [6.45, 7) is 7.81. The van der Waals surface area contributed by atoms with Gasteiger partial charge in [0.05, 0.1) is 12.0 Å². The second-order valence-electron chi connectivity index (χ2n) is 5.33. The van der Waals surface area contributed by atoms with E-state index in [2.05, 4.69) is 45.1 Å². The smallest absolute Gasteiger partial charge is 0.0991 e. The molecular formula is C14H21ClN4S. The van der Waals surface area contributed by atoms with Gasteiger partial charge in [-0.3, -0.25) is 4.90 Å². The summed E-state index contributed by atoms with van der Waals surface area (Å²) in [5, 5.41) is 5.73. The van der Waals surface area contributed by atoms with Crippen molar-refractivity contribution >= 4 is 23.7 Å². The third-order valence-corrected chi connectivity index (χ3v) is 4.60. The predicted octanol–water partition coefficient (Wildman–Crippen LogP) is 2.54. The van der Waals surface area contributed by atoms with Crippen LogP contribution in [0.15, 0.2) is 30.2 Å². The molecule has 110 valence electrons. The Bertz CT molecular complexity index is 525. The molecule has 20 heavy (non-hydrogen) atoms. The van der Waals surface area contributed by atoms with Gasteiger partial charge in [-0.15, -0.1) is 23.7 Å². The highest BCUT2D eigenvalue weighted by molar-refractivity contribution is 7.10. The Morgan fingerprint density at radius 3 is 3.05 bits per heavy atom. The molecule has 2 unspecified atom stereocenters. The van der Waals surface area contributed by atoms with Crippen LogP contribution in [-0.2, 0) is 6.54 Å². The molecule has 1 aliphatic heterocycles. The van der Waals surface area contributed by atoms with E-state index in [0.717, 1.165) is 19.6 Å². The fourth-order valence-corrected chi connectivity index (χ4v) is 3.41. The van der Waals surface area contributed by atoms with Crippen molar-refractivity contribution in [2.75, 3.05) is 13.1 Å². The van der Waals surface area contributed by atoms with Crippen molar-refractivity contribution in [1.82, 2.24) is 19.8 Å². The van der Waals surface area contributed by atoms with Crippen LogP contribution in [0.2, 0.25) is 0 Å². The molecule has 3 rings (SSSR count). The zero-order chi connectivity index (χ0) is 13.2. The molecule has 0 amide bonds. The first-order chi connectivity index (χ1) is 9.22. The van der Waals surface area contributed by atoms with Gasteiger partial charge in [0.25, 0.3) is 0 Å². The maximum absolute atomic E-state index is 4.09. The van der Waals surface area contributed by atoms with Crippen LogP contribution in [0.5, 0.6) is 0 Å². The first-order valence-electron chi connectivity index (χ1n) is 6.75. The molecule has 6 heteroatoms. The SMILES string of the molecule is CC1CN(Cc2cc(-n3ccnc3)cs2)C(C)CN1.Cl. The lowest BCUT2D eigenvalue weighted by molar-refractivity contribution is 0.140. The quantitative estimate of drug-likeness (QED) is 0.945. The number of aromatic nitrogens is 2. The van der Waals surface area contributed by atoms with E-state index in [4.69, 9.17) is 0 Å². The van der Waals surface area contributed by atoms with Crippen LogP contribution in [0.25, 0.3) is 5.69 Å². The number of nitrogens with one attached hydrogen (secondary N) is 1. The van der Waals surface area contributed by atoms with E-state index in [1.54, 1.807) is 0 Å². The number of rotatable bonds is 3. The molecule has 2 atom stereocenters. The van der Waals surface area contributed by atoms with Gasteiger partial charge in [0.2, 0.25) is 0 Å². The zero-order valence-electron chi connectivity index (χ0n) is 11.8. The van der Waals surface area contributed by atoms with Gasteiger partial charge in [-0.05, 0) is 19.9 Å². The first kappa shape index (κ1) is 15.5. The standard InChI is InChI=1S/C14H20N4S.ClH/c1-11-7-18(12(2)6-16-11)8-14-5-13(9-19-14)17-4-3-15-10-17;/h3-5,9-12,16H,6-8H2,1-2H3;1H. The minimum atomic E-state index is 0. The Labute approximate surface area is 130 Å². The molecule has 2 aromatic rings. The molecule has 4 nitrogen and oxygen atoms in total. The molecule has 0 spiro atoms. The number of halogens is 1. The molecule has 2 aromatic heterocycles. The second-order valence-corrected chi connectivity index (χ2v) is 6.32. The average molecular weight is 313 g/mol. The number of nitrogens with zero attached hydrogens (tertiary/aromatic N) is 3. The molecule has 0 aromatic carbocycles. The first-order valence-corrected chi connectivity index (χ1v) is 7.63. The highest BCUT2D eigenvalue weighted by atomic mass is 35.5. The number of hydrogen-bond acceptors (Lipinski definition) is 4. The Hall–Kier alpha value is -0.880. The Kier molecular flexibility index (Phi) is 5.21. The van der Waals surface area contributed by atoms with Gasteiger partial charge >= 0.3 is 0 Å². The van der Waals surface area contributed by atoms with Crippen LogP contribution >= 0.6 is 23.7 Å². The molecular weight excluding hydrogens is 292 g/mol. The zero-order valence-corrected chi connectivity index (χ0v) is 13.5. The van der Waals surface area contributed by atoms with Gasteiger partial charge < -0.3 is 9.88 Å². The van der Waals surface area contributed by atoms with Gasteiger partial charge in [-0.2, -0.15) is 0 Å². The fourth-order valence-electron chi connectivity index (χ4n) is 2.52. The summed E-state index contributed by atoms with van der Waals surface area (Å²) in [7, 11) is 0. The monoisotopic (exact) mass is 312 g/mol. The molecule has 1 N–H and O–H groups in total. The van der Waals surface area contributed by atoms with Crippen LogP contribution in [0.1, 0.15) is 18.7 Å². The van der Waals surface area contributed by atoms with Crippen molar-refractivity contribution in [3.8, 4) is 5.69 Å². The largest absolute Gasteiger partial charge is 0.311 e. The molecule has 0 bridgehead atoms. The fraction of sp³-hybridized carbons (Fsp3) is 0.500. The lowest BCUT2D eigenvalue weighted by atomic mass is 10.1. The number of imidazole rings is 1. The molecule has 1 saturated heterocycles. The highest BCUT2D eigenvalue weighted by Gasteiger charge is 2.22. The summed E-state index contributed by atoms with van der Waals surface area (Å²) in [5.74, 6) is 0.